The summed E-state index contributed by atoms with van der Waals surface area (Å²) in [5.41, 5.74) is 1.40. The van der Waals surface area contributed by atoms with Crippen LogP contribution in [0.1, 0.15) is 24.8 Å². The molecule has 1 aromatic heterocycles. The van der Waals surface area contributed by atoms with Crippen molar-refractivity contribution in [3.63, 3.8) is 0 Å². The molecule has 1 heterocycles. The van der Waals surface area contributed by atoms with Gasteiger partial charge in [0.25, 0.3) is 0 Å². The van der Waals surface area contributed by atoms with E-state index in [0.29, 0.717) is 5.92 Å². The van der Waals surface area contributed by atoms with Crippen molar-refractivity contribution in [2.75, 3.05) is 0 Å². The van der Waals surface area contributed by atoms with Crippen LogP contribution >= 0.6 is 11.3 Å². The molecule has 0 bridgehead atoms. The van der Waals surface area contributed by atoms with Crippen LogP contribution in [0.2, 0.25) is 0 Å². The Kier molecular flexibility index (Phi) is 2.70. The first kappa shape index (κ1) is 10.3. The summed E-state index contributed by atoms with van der Waals surface area (Å²) in [5, 5.41) is 13.4. The number of aliphatic hydroxyl groups excluding tert-OH is 1. The fraction of sp³-hybridized carbons (Fsp3) is 0.429. The van der Waals surface area contributed by atoms with Crippen molar-refractivity contribution in [2.24, 2.45) is 5.92 Å². The van der Waals surface area contributed by atoms with E-state index < -0.39 is 0 Å². The summed E-state index contributed by atoms with van der Waals surface area (Å²) in [4.78, 5) is 0. The number of rotatable bonds is 4. The van der Waals surface area contributed by atoms with Gasteiger partial charge in [0.1, 0.15) is 0 Å². The molecule has 1 aliphatic rings. The smallest absolute Gasteiger partial charge is 0.0571 e. The first-order chi connectivity index (χ1) is 7.84. The van der Waals surface area contributed by atoms with E-state index in [0.717, 1.165) is 12.8 Å². The molecule has 0 spiro atoms. The highest BCUT2D eigenvalue weighted by Crippen LogP contribution is 2.35. The molecule has 0 aliphatic heterocycles. The third-order valence-corrected chi connectivity index (χ3v) is 4.44. The summed E-state index contributed by atoms with van der Waals surface area (Å²) in [6, 6.07) is 8.64. The molecule has 0 saturated heterocycles. The maximum absolute atomic E-state index is 9.88. The summed E-state index contributed by atoms with van der Waals surface area (Å²) < 4.78 is 1.39. The second-order valence-electron chi connectivity index (χ2n) is 4.70. The second kappa shape index (κ2) is 4.19. The van der Waals surface area contributed by atoms with Crippen molar-refractivity contribution in [1.29, 1.82) is 0 Å². The lowest BCUT2D eigenvalue weighted by atomic mass is 10.0. The van der Waals surface area contributed by atoms with Crippen LogP contribution < -0.4 is 0 Å². The second-order valence-corrected chi connectivity index (χ2v) is 5.62. The Morgan fingerprint density at radius 3 is 3.00 bits per heavy atom. The van der Waals surface area contributed by atoms with Gasteiger partial charge in [0, 0.05) is 4.70 Å². The van der Waals surface area contributed by atoms with E-state index in [9.17, 15) is 5.11 Å². The van der Waals surface area contributed by atoms with E-state index in [1.54, 1.807) is 0 Å². The molecule has 2 heteroatoms. The molecular weight excluding hydrogens is 216 g/mol. The van der Waals surface area contributed by atoms with Crippen molar-refractivity contribution in [1.82, 2.24) is 0 Å². The topological polar surface area (TPSA) is 20.2 Å². The van der Waals surface area contributed by atoms with Gasteiger partial charge in [-0.2, -0.15) is 0 Å². The lowest BCUT2D eigenvalue weighted by Gasteiger charge is -2.09. The van der Waals surface area contributed by atoms with Crippen molar-refractivity contribution in [3.05, 3.63) is 35.2 Å². The Morgan fingerprint density at radius 1 is 1.31 bits per heavy atom. The van der Waals surface area contributed by atoms with Crippen molar-refractivity contribution in [3.8, 4) is 0 Å². The molecule has 16 heavy (non-hydrogen) atoms. The van der Waals surface area contributed by atoms with Gasteiger partial charge in [-0.25, -0.2) is 0 Å². The number of hydrogen-bond acceptors (Lipinski definition) is 2. The standard InChI is InChI=1S/C14H16OS/c15-13(10-4-5-10)7-6-11-2-1-3-12-8-9-16-14(11)12/h1-3,8-10,13,15H,4-7H2. The Bertz CT molecular complexity index is 484. The predicted octanol–water partition coefficient (Wildman–Crippen LogP) is 3.60. The van der Waals surface area contributed by atoms with Crippen molar-refractivity contribution in [2.45, 2.75) is 31.8 Å². The summed E-state index contributed by atoms with van der Waals surface area (Å²) in [6.45, 7) is 0. The van der Waals surface area contributed by atoms with Gasteiger partial charge in [0.2, 0.25) is 0 Å². The maximum Gasteiger partial charge on any atom is 0.0571 e. The summed E-state index contributed by atoms with van der Waals surface area (Å²) in [7, 11) is 0. The van der Waals surface area contributed by atoms with E-state index in [1.165, 1.54) is 28.5 Å². The van der Waals surface area contributed by atoms with Gasteiger partial charge in [-0.15, -0.1) is 11.3 Å². The third kappa shape index (κ3) is 2.00. The largest absolute Gasteiger partial charge is 0.393 e. The number of aryl methyl sites for hydroxylation is 1. The molecule has 1 unspecified atom stereocenters. The first-order valence-corrected chi connectivity index (χ1v) is 6.86. The van der Waals surface area contributed by atoms with Gasteiger partial charge in [0.05, 0.1) is 6.10 Å². The quantitative estimate of drug-likeness (QED) is 0.854. The Morgan fingerprint density at radius 2 is 2.19 bits per heavy atom. The average molecular weight is 232 g/mol. The van der Waals surface area contributed by atoms with Crippen LogP contribution in [0, 0.1) is 5.92 Å². The van der Waals surface area contributed by atoms with Gasteiger partial charge < -0.3 is 5.11 Å². The SMILES string of the molecule is OC(CCc1cccc2ccsc12)C1CC1. The zero-order chi connectivity index (χ0) is 11.0. The molecule has 3 rings (SSSR count). The maximum atomic E-state index is 9.88. The van der Waals surface area contributed by atoms with E-state index in [2.05, 4.69) is 29.6 Å². The van der Waals surface area contributed by atoms with Crippen molar-refractivity contribution >= 4 is 21.4 Å². The average Bonchev–Trinajstić information content (AvgIpc) is 3.04. The van der Waals surface area contributed by atoms with Crippen LogP contribution in [0.15, 0.2) is 29.6 Å². The Hall–Kier alpha value is -0.860. The number of aliphatic hydroxyl groups is 1. The monoisotopic (exact) mass is 232 g/mol. The minimum Gasteiger partial charge on any atom is -0.393 e. The molecule has 2 aromatic rings. The molecule has 1 nitrogen and oxygen atoms in total. The van der Waals surface area contributed by atoms with Gasteiger partial charge in [-0.3, -0.25) is 0 Å². The number of thiophene rings is 1. The van der Waals surface area contributed by atoms with Crippen molar-refractivity contribution < 1.29 is 5.11 Å². The lowest BCUT2D eigenvalue weighted by Crippen LogP contribution is -2.10. The molecule has 1 atom stereocenters. The molecule has 1 aliphatic carbocycles. The number of fused-ring (bicyclic) bond motifs is 1. The van der Waals surface area contributed by atoms with Crippen LogP contribution in [0.4, 0.5) is 0 Å². The predicted molar refractivity (Wildman–Crippen MR) is 68.9 cm³/mol. The highest BCUT2D eigenvalue weighted by Gasteiger charge is 2.29. The van der Waals surface area contributed by atoms with Crippen LogP contribution in [0.25, 0.3) is 10.1 Å². The zero-order valence-corrected chi connectivity index (χ0v) is 10.0. The lowest BCUT2D eigenvalue weighted by molar-refractivity contribution is 0.142. The van der Waals surface area contributed by atoms with E-state index >= 15 is 0 Å². The van der Waals surface area contributed by atoms with Crippen LogP contribution in [-0.4, -0.2) is 11.2 Å². The third-order valence-electron chi connectivity index (χ3n) is 3.44. The Labute approximate surface area is 99.7 Å². The van der Waals surface area contributed by atoms with Gasteiger partial charge >= 0.3 is 0 Å². The molecule has 1 fully saturated rings. The fourth-order valence-electron chi connectivity index (χ4n) is 2.27. The fourth-order valence-corrected chi connectivity index (χ4v) is 3.22. The van der Waals surface area contributed by atoms with Gasteiger partial charge in [-0.1, -0.05) is 18.2 Å². The normalized spacial score (nSPS) is 17.8. The molecule has 1 aromatic carbocycles. The van der Waals surface area contributed by atoms with Crippen LogP contribution in [-0.2, 0) is 6.42 Å². The minimum absolute atomic E-state index is 0.0739. The molecule has 1 N–H and O–H groups in total. The van der Waals surface area contributed by atoms with E-state index in [1.807, 2.05) is 11.3 Å². The minimum atomic E-state index is -0.0739. The van der Waals surface area contributed by atoms with Crippen LogP contribution in [0.3, 0.4) is 0 Å². The summed E-state index contributed by atoms with van der Waals surface area (Å²) in [6.07, 6.45) is 4.31. The van der Waals surface area contributed by atoms with Crippen LogP contribution in [0.5, 0.6) is 0 Å². The highest BCUT2D eigenvalue weighted by molar-refractivity contribution is 7.17. The van der Waals surface area contributed by atoms with Gasteiger partial charge in [-0.05, 0) is 54.0 Å². The molecule has 84 valence electrons. The molecule has 0 radical (unpaired) electrons. The first-order valence-electron chi connectivity index (χ1n) is 5.98. The highest BCUT2D eigenvalue weighted by atomic mass is 32.1. The van der Waals surface area contributed by atoms with E-state index in [-0.39, 0.29) is 6.10 Å². The zero-order valence-electron chi connectivity index (χ0n) is 9.23. The number of hydrogen-bond donors (Lipinski definition) is 1. The summed E-state index contributed by atoms with van der Waals surface area (Å²) >= 11 is 1.81. The molecule has 1 saturated carbocycles. The Balaban J connectivity index is 1.75. The van der Waals surface area contributed by atoms with Gasteiger partial charge in [0.15, 0.2) is 0 Å². The number of benzene rings is 1. The molecular formula is C14H16OS. The summed E-state index contributed by atoms with van der Waals surface area (Å²) in [5.74, 6) is 0.600. The van der Waals surface area contributed by atoms with E-state index in [4.69, 9.17) is 0 Å². The molecule has 0 amide bonds.